The number of aliphatic hydroxyl groups excluding tert-OH is 1. The summed E-state index contributed by atoms with van der Waals surface area (Å²) in [6.07, 6.45) is -0.655. The van der Waals surface area contributed by atoms with Crippen molar-refractivity contribution < 1.29 is 19.5 Å². The van der Waals surface area contributed by atoms with Crippen molar-refractivity contribution in [1.29, 1.82) is 0 Å². The number of aromatic nitrogens is 1. The number of carbonyl (C=O) groups excluding carboxylic acids is 3. The number of hydrogen-bond acceptors (Lipinski definition) is 7. The summed E-state index contributed by atoms with van der Waals surface area (Å²) >= 11 is 1.59. The number of hydrogen-bond donors (Lipinski definition) is 4. The Balaban J connectivity index is 1.68. The van der Waals surface area contributed by atoms with E-state index in [1.807, 2.05) is 57.5 Å². The van der Waals surface area contributed by atoms with E-state index in [4.69, 9.17) is 0 Å². The minimum Gasteiger partial charge on any atom is -0.391 e. The maximum absolute atomic E-state index is 13.5. The number of thiazole rings is 1. The highest BCUT2D eigenvalue weighted by atomic mass is 32.1. The molecule has 1 aromatic carbocycles. The molecule has 36 heavy (non-hydrogen) atoms. The minimum absolute atomic E-state index is 0.0455. The molecule has 0 aliphatic carbocycles. The predicted molar refractivity (Wildman–Crippen MR) is 140 cm³/mol. The predicted octanol–water partition coefficient (Wildman–Crippen LogP) is 1.84. The number of likely N-dealkylation sites (tertiary alicyclic amines) is 1. The summed E-state index contributed by atoms with van der Waals surface area (Å²) in [6, 6.07) is 5.78. The van der Waals surface area contributed by atoms with E-state index in [2.05, 4.69) is 20.9 Å². The third-order valence-corrected chi connectivity index (χ3v) is 7.50. The van der Waals surface area contributed by atoms with Crippen LogP contribution in [0.15, 0.2) is 29.8 Å². The van der Waals surface area contributed by atoms with Gasteiger partial charge < -0.3 is 26.0 Å². The lowest BCUT2D eigenvalue weighted by atomic mass is 9.85. The van der Waals surface area contributed by atoms with Crippen LogP contribution < -0.4 is 16.0 Å². The van der Waals surface area contributed by atoms with Crippen LogP contribution in [0.1, 0.15) is 45.4 Å². The average Bonchev–Trinajstić information content (AvgIpc) is 3.44. The molecule has 4 N–H and O–H groups in total. The van der Waals surface area contributed by atoms with E-state index < -0.39 is 29.6 Å². The summed E-state index contributed by atoms with van der Waals surface area (Å²) in [5, 5.41) is 18.9. The molecule has 0 bridgehead atoms. The van der Waals surface area contributed by atoms with Gasteiger partial charge >= 0.3 is 0 Å². The van der Waals surface area contributed by atoms with Crippen LogP contribution in [0, 0.1) is 12.3 Å². The van der Waals surface area contributed by atoms with Crippen LogP contribution in [0.5, 0.6) is 0 Å². The van der Waals surface area contributed by atoms with Gasteiger partial charge in [-0.2, -0.15) is 0 Å². The molecule has 9 nitrogen and oxygen atoms in total. The molecule has 3 rings (SSSR count). The van der Waals surface area contributed by atoms with Gasteiger partial charge in [0.2, 0.25) is 17.7 Å². The number of carbonyl (C=O) groups is 3. The van der Waals surface area contributed by atoms with Gasteiger partial charge in [0.25, 0.3) is 0 Å². The monoisotopic (exact) mass is 515 g/mol. The SMILES string of the molecule is CNC(C)C(=O)NC(C(=O)N1CC(O)CC1C(=O)NCc1ccc(-c2scnc2C)cc1)C(C)(C)C. The first-order valence-electron chi connectivity index (χ1n) is 12.2. The van der Waals surface area contributed by atoms with Crippen molar-refractivity contribution in [1.82, 2.24) is 25.8 Å². The van der Waals surface area contributed by atoms with Crippen molar-refractivity contribution in [2.24, 2.45) is 5.41 Å². The lowest BCUT2D eigenvalue weighted by Crippen LogP contribution is -2.59. The summed E-state index contributed by atoms with van der Waals surface area (Å²) in [4.78, 5) is 46.0. The highest BCUT2D eigenvalue weighted by Gasteiger charge is 2.44. The fraction of sp³-hybridized carbons (Fsp3) is 0.538. The zero-order valence-electron chi connectivity index (χ0n) is 21.8. The summed E-state index contributed by atoms with van der Waals surface area (Å²) < 4.78 is 0. The second kappa shape index (κ2) is 11.5. The Morgan fingerprint density at radius 1 is 1.22 bits per heavy atom. The molecule has 196 valence electrons. The van der Waals surface area contributed by atoms with Crippen LogP contribution >= 0.6 is 11.3 Å². The van der Waals surface area contributed by atoms with Gasteiger partial charge in [-0.15, -0.1) is 11.3 Å². The van der Waals surface area contributed by atoms with E-state index in [0.29, 0.717) is 6.54 Å². The number of nitrogens with one attached hydrogen (secondary N) is 3. The van der Waals surface area contributed by atoms with Crippen LogP contribution in [-0.2, 0) is 20.9 Å². The van der Waals surface area contributed by atoms with Crippen molar-refractivity contribution >= 4 is 29.1 Å². The molecule has 2 aromatic rings. The van der Waals surface area contributed by atoms with Crippen LogP contribution in [0.25, 0.3) is 10.4 Å². The molecule has 4 unspecified atom stereocenters. The molecule has 1 aromatic heterocycles. The standard InChI is InChI=1S/C26H37N5O4S/c1-15-21(36-14-29-15)18-9-7-17(8-10-18)12-28-24(34)20-11-19(32)13-31(20)25(35)22(26(3,4)5)30-23(33)16(2)27-6/h7-10,14,16,19-20,22,27,32H,11-13H2,1-6H3,(H,28,34)(H,30,33). The normalized spacial score (nSPS) is 19.6. The van der Waals surface area contributed by atoms with Crippen LogP contribution in [0.4, 0.5) is 0 Å². The quantitative estimate of drug-likeness (QED) is 0.425. The number of likely N-dealkylation sites (N-methyl/N-ethyl adjacent to an activating group) is 1. The summed E-state index contributed by atoms with van der Waals surface area (Å²) in [5.74, 6) is -1.01. The molecule has 0 spiro atoms. The van der Waals surface area contributed by atoms with Crippen molar-refractivity contribution in [3.05, 3.63) is 41.0 Å². The molecule has 0 radical (unpaired) electrons. The summed E-state index contributed by atoms with van der Waals surface area (Å²) in [6.45, 7) is 9.61. The first-order chi connectivity index (χ1) is 16.9. The van der Waals surface area contributed by atoms with E-state index in [1.54, 1.807) is 25.3 Å². The van der Waals surface area contributed by atoms with E-state index in [-0.39, 0.29) is 30.7 Å². The zero-order valence-corrected chi connectivity index (χ0v) is 22.6. The van der Waals surface area contributed by atoms with Gasteiger partial charge in [-0.05, 0) is 37.4 Å². The van der Waals surface area contributed by atoms with Gasteiger partial charge in [0.05, 0.1) is 28.2 Å². The number of β-amino-alcohol motifs (C(OH)–C–C–N with tert-alkyl or cyclic N) is 1. The van der Waals surface area contributed by atoms with Crippen molar-refractivity contribution in [2.75, 3.05) is 13.6 Å². The number of benzene rings is 1. The van der Waals surface area contributed by atoms with E-state index in [1.165, 1.54) is 4.90 Å². The number of rotatable bonds is 8. The lowest BCUT2D eigenvalue weighted by Gasteiger charge is -2.35. The molecule has 0 saturated carbocycles. The topological polar surface area (TPSA) is 124 Å². The fourth-order valence-corrected chi connectivity index (χ4v) is 4.99. The zero-order chi connectivity index (χ0) is 26.6. The van der Waals surface area contributed by atoms with E-state index in [0.717, 1.165) is 21.7 Å². The Morgan fingerprint density at radius 3 is 2.44 bits per heavy atom. The van der Waals surface area contributed by atoms with Gasteiger partial charge in [0, 0.05) is 19.5 Å². The fourth-order valence-electron chi connectivity index (χ4n) is 4.18. The van der Waals surface area contributed by atoms with E-state index >= 15 is 0 Å². The molecule has 1 fully saturated rings. The van der Waals surface area contributed by atoms with Crippen molar-refractivity contribution in [2.45, 2.75) is 71.8 Å². The number of aryl methyl sites for hydroxylation is 1. The Morgan fingerprint density at radius 2 is 1.89 bits per heavy atom. The summed E-state index contributed by atoms with van der Waals surface area (Å²) in [5.41, 5.74) is 4.21. The van der Waals surface area contributed by atoms with Gasteiger partial charge in [-0.25, -0.2) is 4.98 Å². The van der Waals surface area contributed by atoms with E-state index in [9.17, 15) is 19.5 Å². The number of aliphatic hydroxyl groups is 1. The largest absolute Gasteiger partial charge is 0.391 e. The maximum atomic E-state index is 13.5. The Labute approximate surface area is 216 Å². The first-order valence-corrected chi connectivity index (χ1v) is 13.0. The highest BCUT2D eigenvalue weighted by molar-refractivity contribution is 7.13. The minimum atomic E-state index is -0.843. The van der Waals surface area contributed by atoms with Crippen molar-refractivity contribution in [3.63, 3.8) is 0 Å². The highest BCUT2D eigenvalue weighted by Crippen LogP contribution is 2.28. The smallest absolute Gasteiger partial charge is 0.246 e. The second-order valence-electron chi connectivity index (χ2n) is 10.4. The van der Waals surface area contributed by atoms with Gasteiger partial charge in [-0.3, -0.25) is 14.4 Å². The first kappa shape index (κ1) is 27.8. The van der Waals surface area contributed by atoms with Crippen LogP contribution in [0.2, 0.25) is 0 Å². The third kappa shape index (κ3) is 6.48. The van der Waals surface area contributed by atoms with Gasteiger partial charge in [0.1, 0.15) is 12.1 Å². The second-order valence-corrected chi connectivity index (χ2v) is 11.3. The number of nitrogens with zero attached hydrogens (tertiary/aromatic N) is 2. The Kier molecular flexibility index (Phi) is 8.86. The molecular weight excluding hydrogens is 478 g/mol. The van der Waals surface area contributed by atoms with Gasteiger partial charge in [0.15, 0.2) is 0 Å². The molecule has 1 aliphatic rings. The molecule has 4 atom stereocenters. The van der Waals surface area contributed by atoms with Crippen molar-refractivity contribution in [3.8, 4) is 10.4 Å². The third-order valence-electron chi connectivity index (χ3n) is 6.52. The van der Waals surface area contributed by atoms with Crippen LogP contribution in [0.3, 0.4) is 0 Å². The van der Waals surface area contributed by atoms with Gasteiger partial charge in [-0.1, -0.05) is 45.0 Å². The Bertz CT molecular complexity index is 1080. The lowest BCUT2D eigenvalue weighted by molar-refractivity contribution is -0.144. The Hall–Kier alpha value is -2.82. The number of amides is 3. The molecule has 2 heterocycles. The molecule has 10 heteroatoms. The molecule has 3 amide bonds. The summed E-state index contributed by atoms with van der Waals surface area (Å²) in [7, 11) is 1.67. The molecular formula is C26H37N5O4S. The molecule has 1 aliphatic heterocycles. The molecule has 1 saturated heterocycles. The average molecular weight is 516 g/mol. The maximum Gasteiger partial charge on any atom is 0.246 e. The van der Waals surface area contributed by atoms with Crippen LogP contribution in [-0.4, -0.2) is 70.5 Å².